The van der Waals surface area contributed by atoms with Crippen LogP contribution in [0, 0.1) is 6.92 Å². The van der Waals surface area contributed by atoms with Crippen LogP contribution in [0.1, 0.15) is 12.0 Å². The standard InChI is InChI=1S/C17H17F3N2O4S/c1-12-6-7-16(21-10-12)25-13-8-9-22(11-13)27(23,24)15-5-3-2-4-14(15)26-17(18,19)20/h2-7,10,13H,8-9,11H2,1H3/t13-/m0/s1. The van der Waals surface area contributed by atoms with Gasteiger partial charge in [-0.15, -0.1) is 13.2 Å². The molecular weight excluding hydrogens is 385 g/mol. The summed E-state index contributed by atoms with van der Waals surface area (Å²) in [6, 6.07) is 8.18. The molecule has 6 nitrogen and oxygen atoms in total. The first-order chi connectivity index (χ1) is 12.6. The summed E-state index contributed by atoms with van der Waals surface area (Å²) < 4.78 is 73.9. The van der Waals surface area contributed by atoms with E-state index in [-0.39, 0.29) is 13.1 Å². The number of aryl methyl sites for hydroxylation is 1. The average molecular weight is 402 g/mol. The van der Waals surface area contributed by atoms with Gasteiger partial charge in [-0.05, 0) is 31.0 Å². The number of nitrogens with zero attached hydrogens (tertiary/aromatic N) is 2. The van der Waals surface area contributed by atoms with Crippen molar-refractivity contribution in [3.05, 3.63) is 48.2 Å². The predicted molar refractivity (Wildman–Crippen MR) is 89.9 cm³/mol. The van der Waals surface area contributed by atoms with Gasteiger partial charge in [0.25, 0.3) is 0 Å². The van der Waals surface area contributed by atoms with Gasteiger partial charge in [-0.3, -0.25) is 0 Å². The lowest BCUT2D eigenvalue weighted by atomic mass is 10.3. The van der Waals surface area contributed by atoms with E-state index >= 15 is 0 Å². The molecule has 1 fully saturated rings. The topological polar surface area (TPSA) is 68.7 Å². The molecule has 3 rings (SSSR count). The zero-order valence-corrected chi connectivity index (χ0v) is 15.1. The quantitative estimate of drug-likeness (QED) is 0.769. The number of alkyl halides is 3. The first-order valence-electron chi connectivity index (χ1n) is 8.09. The second kappa shape index (κ2) is 7.35. The van der Waals surface area contributed by atoms with Crippen LogP contribution in [0.5, 0.6) is 11.6 Å². The third-order valence-corrected chi connectivity index (χ3v) is 5.88. The van der Waals surface area contributed by atoms with Crippen LogP contribution in [-0.4, -0.2) is 43.3 Å². The van der Waals surface area contributed by atoms with Gasteiger partial charge in [-0.1, -0.05) is 18.2 Å². The van der Waals surface area contributed by atoms with E-state index in [4.69, 9.17) is 4.74 Å². The van der Waals surface area contributed by atoms with Crippen molar-refractivity contribution in [2.24, 2.45) is 0 Å². The number of ether oxygens (including phenoxy) is 2. The lowest BCUT2D eigenvalue weighted by molar-refractivity contribution is -0.275. The molecule has 1 aromatic heterocycles. The van der Waals surface area contributed by atoms with Crippen LogP contribution in [-0.2, 0) is 10.0 Å². The van der Waals surface area contributed by atoms with E-state index in [2.05, 4.69) is 9.72 Å². The summed E-state index contributed by atoms with van der Waals surface area (Å²) in [5.41, 5.74) is 0.958. The highest BCUT2D eigenvalue weighted by atomic mass is 32.2. The Morgan fingerprint density at radius 3 is 2.59 bits per heavy atom. The number of pyridine rings is 1. The van der Waals surface area contributed by atoms with E-state index in [1.54, 1.807) is 12.3 Å². The van der Waals surface area contributed by atoms with Crippen LogP contribution in [0.15, 0.2) is 47.5 Å². The molecule has 0 spiro atoms. The lowest BCUT2D eigenvalue weighted by Gasteiger charge is -2.19. The first-order valence-corrected chi connectivity index (χ1v) is 9.53. The third-order valence-electron chi connectivity index (χ3n) is 3.97. The molecule has 0 saturated carbocycles. The molecule has 2 heterocycles. The number of rotatable bonds is 5. The Morgan fingerprint density at radius 1 is 1.19 bits per heavy atom. The smallest absolute Gasteiger partial charge is 0.473 e. The summed E-state index contributed by atoms with van der Waals surface area (Å²) in [6.07, 6.45) is -3.40. The Kier molecular flexibility index (Phi) is 5.29. The molecule has 1 aromatic carbocycles. The van der Waals surface area contributed by atoms with Crippen LogP contribution in [0.3, 0.4) is 0 Å². The monoisotopic (exact) mass is 402 g/mol. The highest BCUT2D eigenvalue weighted by molar-refractivity contribution is 7.89. The molecule has 2 aromatic rings. The van der Waals surface area contributed by atoms with Gasteiger partial charge in [0.05, 0.1) is 6.54 Å². The van der Waals surface area contributed by atoms with Crippen molar-refractivity contribution in [1.29, 1.82) is 0 Å². The van der Waals surface area contributed by atoms with Crippen LogP contribution in [0.4, 0.5) is 13.2 Å². The van der Waals surface area contributed by atoms with Crippen molar-refractivity contribution in [3.63, 3.8) is 0 Å². The van der Waals surface area contributed by atoms with Crippen molar-refractivity contribution in [2.45, 2.75) is 30.7 Å². The summed E-state index contributed by atoms with van der Waals surface area (Å²) >= 11 is 0. The number of aromatic nitrogens is 1. The summed E-state index contributed by atoms with van der Waals surface area (Å²) in [5, 5.41) is 0. The molecule has 0 aliphatic carbocycles. The molecule has 146 valence electrons. The zero-order valence-electron chi connectivity index (χ0n) is 14.3. The van der Waals surface area contributed by atoms with Gasteiger partial charge in [0.1, 0.15) is 16.7 Å². The van der Waals surface area contributed by atoms with E-state index < -0.39 is 33.1 Å². The highest BCUT2D eigenvalue weighted by Gasteiger charge is 2.38. The normalized spacial score (nSPS) is 18.4. The Morgan fingerprint density at radius 2 is 1.93 bits per heavy atom. The second-order valence-corrected chi connectivity index (χ2v) is 7.97. The summed E-state index contributed by atoms with van der Waals surface area (Å²) in [7, 11) is -4.17. The molecule has 0 N–H and O–H groups in total. The number of hydrogen-bond donors (Lipinski definition) is 0. The zero-order chi connectivity index (χ0) is 19.7. The molecule has 27 heavy (non-hydrogen) atoms. The second-order valence-electron chi connectivity index (χ2n) is 6.06. The summed E-state index contributed by atoms with van der Waals surface area (Å²) in [5.74, 6) is -0.389. The molecule has 1 aliphatic heterocycles. The molecule has 1 atom stereocenters. The van der Waals surface area contributed by atoms with E-state index in [1.807, 2.05) is 13.0 Å². The minimum Gasteiger partial charge on any atom is -0.473 e. The molecule has 1 saturated heterocycles. The molecule has 10 heteroatoms. The number of benzene rings is 1. The Balaban J connectivity index is 1.76. The minimum absolute atomic E-state index is 0.0121. The fourth-order valence-corrected chi connectivity index (χ4v) is 4.32. The molecule has 0 bridgehead atoms. The summed E-state index contributed by atoms with van der Waals surface area (Å²) in [4.78, 5) is 3.58. The summed E-state index contributed by atoms with van der Waals surface area (Å²) in [6.45, 7) is 2.01. The molecule has 0 unspecified atom stereocenters. The first kappa shape index (κ1) is 19.4. The maximum Gasteiger partial charge on any atom is 0.573 e. The molecule has 1 aliphatic rings. The number of hydrogen-bond acceptors (Lipinski definition) is 5. The molecule has 0 radical (unpaired) electrons. The van der Waals surface area contributed by atoms with Crippen molar-refractivity contribution in [3.8, 4) is 11.6 Å². The number of para-hydroxylation sites is 1. The maximum absolute atomic E-state index is 12.8. The Bertz CT molecular complexity index is 901. The van der Waals surface area contributed by atoms with Gasteiger partial charge in [0.2, 0.25) is 15.9 Å². The van der Waals surface area contributed by atoms with E-state index in [1.165, 1.54) is 12.1 Å². The lowest BCUT2D eigenvalue weighted by Crippen LogP contribution is -2.32. The molecular formula is C17H17F3N2O4S. The largest absolute Gasteiger partial charge is 0.573 e. The van der Waals surface area contributed by atoms with E-state index in [0.717, 1.165) is 22.0 Å². The number of halogens is 3. The van der Waals surface area contributed by atoms with Crippen molar-refractivity contribution in [1.82, 2.24) is 9.29 Å². The van der Waals surface area contributed by atoms with Crippen LogP contribution < -0.4 is 9.47 Å². The maximum atomic E-state index is 12.8. The Labute approximate surface area is 154 Å². The van der Waals surface area contributed by atoms with Crippen LogP contribution in [0.2, 0.25) is 0 Å². The Hall–Kier alpha value is -2.33. The van der Waals surface area contributed by atoms with Crippen LogP contribution >= 0.6 is 0 Å². The fourth-order valence-electron chi connectivity index (χ4n) is 2.72. The van der Waals surface area contributed by atoms with Crippen molar-refractivity contribution >= 4 is 10.0 Å². The molecule has 0 amide bonds. The third kappa shape index (κ3) is 4.69. The average Bonchev–Trinajstić information content (AvgIpc) is 3.05. The van der Waals surface area contributed by atoms with E-state index in [9.17, 15) is 21.6 Å². The van der Waals surface area contributed by atoms with Crippen molar-refractivity contribution < 1.29 is 31.1 Å². The minimum atomic E-state index is -4.99. The predicted octanol–water partition coefficient (Wildman–Crippen LogP) is 3.13. The van der Waals surface area contributed by atoms with E-state index in [0.29, 0.717) is 12.3 Å². The van der Waals surface area contributed by atoms with Gasteiger partial charge in [-0.25, -0.2) is 13.4 Å². The fraction of sp³-hybridized carbons (Fsp3) is 0.353. The van der Waals surface area contributed by atoms with Crippen LogP contribution in [0.25, 0.3) is 0 Å². The van der Waals surface area contributed by atoms with Gasteiger partial charge < -0.3 is 9.47 Å². The van der Waals surface area contributed by atoms with Gasteiger partial charge in [0.15, 0.2) is 0 Å². The highest BCUT2D eigenvalue weighted by Crippen LogP contribution is 2.32. The van der Waals surface area contributed by atoms with Gasteiger partial charge >= 0.3 is 6.36 Å². The number of sulfonamides is 1. The SMILES string of the molecule is Cc1ccc(O[C@H]2CCN(S(=O)(=O)c3ccccc3OC(F)(F)F)C2)nc1. The van der Waals surface area contributed by atoms with Gasteiger partial charge in [0, 0.05) is 18.8 Å². The van der Waals surface area contributed by atoms with Crippen molar-refractivity contribution in [2.75, 3.05) is 13.1 Å². The van der Waals surface area contributed by atoms with Gasteiger partial charge in [-0.2, -0.15) is 4.31 Å².